The number of nitrogens with zero attached hydrogens (tertiary/aromatic N) is 7. The van der Waals surface area contributed by atoms with Gasteiger partial charge in [0.15, 0.2) is 0 Å². The van der Waals surface area contributed by atoms with Crippen LogP contribution in [0.3, 0.4) is 0 Å². The van der Waals surface area contributed by atoms with E-state index >= 15 is 0 Å². The first-order valence-electron chi connectivity index (χ1n) is 7.24. The summed E-state index contributed by atoms with van der Waals surface area (Å²) in [5.74, 6) is 0.851. The van der Waals surface area contributed by atoms with Crippen molar-refractivity contribution in [3.8, 4) is 5.69 Å². The lowest BCUT2D eigenvalue weighted by Crippen LogP contribution is -2.15. The standard InChI is InChI=1S/C13H15FN8O2S/c1-8-16-13(5-6-21-9(2)17-19-20-21)22(18-8)12-7-10(25(15,23)24)3-4-11(12)14/h3-4,7H,5-6H2,1-2H3,(H2,15,23,24). The van der Waals surface area contributed by atoms with Gasteiger partial charge in [-0.25, -0.2) is 32.3 Å². The summed E-state index contributed by atoms with van der Waals surface area (Å²) in [6.07, 6.45) is 0.367. The molecular formula is C13H15FN8O2S. The van der Waals surface area contributed by atoms with Crippen LogP contribution in [0.4, 0.5) is 4.39 Å². The fraction of sp³-hybridized carbons (Fsp3) is 0.308. The van der Waals surface area contributed by atoms with Gasteiger partial charge in [-0.05, 0) is 42.5 Å². The van der Waals surface area contributed by atoms with Crippen LogP contribution in [-0.2, 0) is 23.0 Å². The number of hydrogen-bond acceptors (Lipinski definition) is 7. The molecule has 0 amide bonds. The van der Waals surface area contributed by atoms with Gasteiger partial charge in [-0.3, -0.25) is 0 Å². The largest absolute Gasteiger partial charge is 0.238 e. The van der Waals surface area contributed by atoms with E-state index < -0.39 is 15.8 Å². The van der Waals surface area contributed by atoms with Crippen LogP contribution in [0.5, 0.6) is 0 Å². The Labute approximate surface area is 142 Å². The zero-order chi connectivity index (χ0) is 18.2. The minimum absolute atomic E-state index is 0.0458. The normalized spacial score (nSPS) is 11.8. The summed E-state index contributed by atoms with van der Waals surface area (Å²) in [6.45, 7) is 3.82. The molecular weight excluding hydrogens is 351 g/mol. The summed E-state index contributed by atoms with van der Waals surface area (Å²) in [5, 5.41) is 20.4. The Hall–Kier alpha value is -2.73. The molecule has 0 aliphatic carbocycles. The zero-order valence-electron chi connectivity index (χ0n) is 13.5. The van der Waals surface area contributed by atoms with Crippen molar-refractivity contribution in [2.75, 3.05) is 0 Å². The van der Waals surface area contributed by atoms with Crippen molar-refractivity contribution in [2.45, 2.75) is 31.7 Å². The smallest absolute Gasteiger partial charge is 0.229 e. The van der Waals surface area contributed by atoms with Gasteiger partial charge in [-0.2, -0.15) is 5.10 Å². The first kappa shape index (κ1) is 17.1. The Bertz CT molecular complexity index is 1030. The van der Waals surface area contributed by atoms with Gasteiger partial charge in [0, 0.05) is 6.42 Å². The number of benzene rings is 1. The predicted octanol–water partition coefficient (Wildman–Crippen LogP) is -0.100. The minimum Gasteiger partial charge on any atom is -0.229 e. The molecule has 3 aromatic rings. The number of tetrazole rings is 1. The maximum Gasteiger partial charge on any atom is 0.238 e. The van der Waals surface area contributed by atoms with Crippen molar-refractivity contribution >= 4 is 10.0 Å². The Kier molecular flexibility index (Phi) is 4.30. The monoisotopic (exact) mass is 366 g/mol. The fourth-order valence-corrected chi connectivity index (χ4v) is 2.84. The molecule has 0 spiro atoms. The van der Waals surface area contributed by atoms with Crippen LogP contribution >= 0.6 is 0 Å². The molecule has 10 nitrogen and oxygen atoms in total. The highest BCUT2D eigenvalue weighted by molar-refractivity contribution is 7.89. The van der Waals surface area contributed by atoms with Gasteiger partial charge in [0.05, 0.1) is 11.4 Å². The van der Waals surface area contributed by atoms with E-state index in [-0.39, 0.29) is 10.6 Å². The molecule has 0 saturated heterocycles. The van der Waals surface area contributed by atoms with Crippen LogP contribution in [0.25, 0.3) is 5.69 Å². The second-order valence-electron chi connectivity index (χ2n) is 5.34. The van der Waals surface area contributed by atoms with E-state index in [1.165, 1.54) is 4.68 Å². The van der Waals surface area contributed by atoms with Crippen LogP contribution < -0.4 is 5.14 Å². The van der Waals surface area contributed by atoms with Crippen molar-refractivity contribution in [2.24, 2.45) is 5.14 Å². The summed E-state index contributed by atoms with van der Waals surface area (Å²) < 4.78 is 40.1. The summed E-state index contributed by atoms with van der Waals surface area (Å²) in [5.41, 5.74) is -0.0458. The zero-order valence-corrected chi connectivity index (χ0v) is 14.3. The molecule has 0 radical (unpaired) electrons. The average molecular weight is 366 g/mol. The van der Waals surface area contributed by atoms with E-state index in [2.05, 4.69) is 25.6 Å². The molecule has 2 heterocycles. The lowest BCUT2D eigenvalue weighted by molar-refractivity contribution is 0.552. The van der Waals surface area contributed by atoms with Crippen molar-refractivity contribution in [1.82, 2.24) is 35.0 Å². The third-order valence-electron chi connectivity index (χ3n) is 3.51. The second kappa shape index (κ2) is 6.29. The van der Waals surface area contributed by atoms with E-state index in [1.807, 2.05) is 0 Å². The van der Waals surface area contributed by atoms with Crippen LogP contribution in [0, 0.1) is 19.7 Å². The molecule has 2 aromatic heterocycles. The lowest BCUT2D eigenvalue weighted by atomic mass is 10.3. The maximum absolute atomic E-state index is 14.2. The fourth-order valence-electron chi connectivity index (χ4n) is 2.31. The molecule has 0 bridgehead atoms. The summed E-state index contributed by atoms with van der Waals surface area (Å²) in [4.78, 5) is 4.06. The number of aryl methyl sites for hydroxylation is 4. The molecule has 0 fully saturated rings. The van der Waals surface area contributed by atoms with Crippen molar-refractivity contribution in [3.63, 3.8) is 0 Å². The third-order valence-corrected chi connectivity index (χ3v) is 4.42. The van der Waals surface area contributed by atoms with Gasteiger partial charge in [-0.1, -0.05) is 0 Å². The van der Waals surface area contributed by atoms with Gasteiger partial charge in [0.25, 0.3) is 0 Å². The van der Waals surface area contributed by atoms with Crippen LogP contribution in [0.2, 0.25) is 0 Å². The molecule has 0 aliphatic heterocycles. The number of hydrogen-bond donors (Lipinski definition) is 1. The summed E-state index contributed by atoms with van der Waals surface area (Å²) in [7, 11) is -3.97. The Morgan fingerprint density at radius 2 is 2.04 bits per heavy atom. The van der Waals surface area contributed by atoms with E-state index in [9.17, 15) is 12.8 Å². The SMILES string of the molecule is Cc1nc(CCn2nnnc2C)n(-c2cc(S(N)(=O)=O)ccc2F)n1. The van der Waals surface area contributed by atoms with Gasteiger partial charge in [0.2, 0.25) is 10.0 Å². The molecule has 132 valence electrons. The Balaban J connectivity index is 1.99. The lowest BCUT2D eigenvalue weighted by Gasteiger charge is -2.09. The van der Waals surface area contributed by atoms with E-state index in [0.29, 0.717) is 30.4 Å². The molecule has 25 heavy (non-hydrogen) atoms. The van der Waals surface area contributed by atoms with Crippen molar-refractivity contribution in [3.05, 3.63) is 41.5 Å². The first-order valence-corrected chi connectivity index (χ1v) is 8.78. The molecule has 12 heteroatoms. The van der Waals surface area contributed by atoms with Gasteiger partial charge >= 0.3 is 0 Å². The van der Waals surface area contributed by atoms with Crippen molar-refractivity contribution in [1.29, 1.82) is 0 Å². The van der Waals surface area contributed by atoms with E-state index in [4.69, 9.17) is 5.14 Å². The van der Waals surface area contributed by atoms with Crippen LogP contribution in [0.1, 0.15) is 17.5 Å². The molecule has 0 aliphatic rings. The summed E-state index contributed by atoms with van der Waals surface area (Å²) in [6, 6.07) is 3.26. The maximum atomic E-state index is 14.2. The van der Waals surface area contributed by atoms with E-state index in [0.717, 1.165) is 18.2 Å². The number of aromatic nitrogens is 7. The van der Waals surface area contributed by atoms with E-state index in [1.54, 1.807) is 18.5 Å². The topological polar surface area (TPSA) is 134 Å². The molecule has 0 unspecified atom stereocenters. The number of primary sulfonamides is 1. The number of sulfonamides is 1. The quantitative estimate of drug-likeness (QED) is 0.666. The number of rotatable bonds is 5. The second-order valence-corrected chi connectivity index (χ2v) is 6.91. The van der Waals surface area contributed by atoms with Gasteiger partial charge in [0.1, 0.15) is 29.0 Å². The molecule has 3 rings (SSSR count). The molecule has 0 atom stereocenters. The first-order chi connectivity index (χ1) is 11.8. The highest BCUT2D eigenvalue weighted by atomic mass is 32.2. The number of nitrogens with two attached hydrogens (primary N) is 1. The average Bonchev–Trinajstić information content (AvgIpc) is 3.10. The van der Waals surface area contributed by atoms with Crippen LogP contribution in [0.15, 0.2) is 23.1 Å². The third kappa shape index (κ3) is 3.53. The highest BCUT2D eigenvalue weighted by Gasteiger charge is 2.17. The minimum atomic E-state index is -3.97. The highest BCUT2D eigenvalue weighted by Crippen LogP contribution is 2.19. The predicted molar refractivity (Wildman–Crippen MR) is 83.7 cm³/mol. The molecule has 1 aromatic carbocycles. The summed E-state index contributed by atoms with van der Waals surface area (Å²) >= 11 is 0. The van der Waals surface area contributed by atoms with Crippen molar-refractivity contribution < 1.29 is 12.8 Å². The number of halogens is 1. The van der Waals surface area contributed by atoms with Gasteiger partial charge < -0.3 is 0 Å². The van der Waals surface area contributed by atoms with Crippen LogP contribution in [-0.4, -0.2) is 43.4 Å². The van der Waals surface area contributed by atoms with Gasteiger partial charge in [-0.15, -0.1) is 5.10 Å². The Morgan fingerprint density at radius 3 is 2.68 bits per heavy atom. The molecule has 2 N–H and O–H groups in total. The Morgan fingerprint density at radius 1 is 1.28 bits per heavy atom. The molecule has 0 saturated carbocycles.